The van der Waals surface area contributed by atoms with E-state index < -0.39 is 0 Å². The number of carbonyl (C=O) groups excluding carboxylic acids is 1. The Morgan fingerprint density at radius 2 is 1.72 bits per heavy atom. The molecule has 0 radical (unpaired) electrons. The van der Waals surface area contributed by atoms with E-state index in [1.54, 1.807) is 0 Å². The summed E-state index contributed by atoms with van der Waals surface area (Å²) in [5.41, 5.74) is 4.74. The number of fused-ring (bicyclic) bond motifs is 1. The van der Waals surface area contributed by atoms with Crippen LogP contribution in [0.2, 0.25) is 0 Å². The van der Waals surface area contributed by atoms with Crippen LogP contribution in [-0.2, 0) is 19.3 Å². The van der Waals surface area contributed by atoms with Gasteiger partial charge in [0, 0.05) is 12.0 Å². The van der Waals surface area contributed by atoms with Crippen molar-refractivity contribution in [3.63, 3.8) is 0 Å². The zero-order valence-corrected chi connectivity index (χ0v) is 10.4. The molecule has 0 bridgehead atoms. The predicted molar refractivity (Wildman–Crippen MR) is 72.9 cm³/mol. The molecule has 0 atom stereocenters. The summed E-state index contributed by atoms with van der Waals surface area (Å²) < 4.78 is 0. The van der Waals surface area contributed by atoms with E-state index in [1.165, 1.54) is 24.0 Å². The molecule has 0 saturated carbocycles. The molecule has 1 aliphatic carbocycles. The zero-order valence-electron chi connectivity index (χ0n) is 10.4. The Morgan fingerprint density at radius 3 is 2.56 bits per heavy atom. The van der Waals surface area contributed by atoms with Gasteiger partial charge in [-0.3, -0.25) is 4.79 Å². The molecule has 0 amide bonds. The molecule has 0 heterocycles. The van der Waals surface area contributed by atoms with E-state index in [1.807, 2.05) is 36.4 Å². The van der Waals surface area contributed by atoms with Crippen molar-refractivity contribution in [2.45, 2.75) is 25.7 Å². The molecular formula is C17H16O. The number of aryl methyl sites for hydroxylation is 2. The molecule has 0 saturated heterocycles. The van der Waals surface area contributed by atoms with Crippen molar-refractivity contribution in [2.75, 3.05) is 0 Å². The number of ketones is 1. The highest BCUT2D eigenvalue weighted by Gasteiger charge is 2.14. The Hall–Kier alpha value is -1.89. The van der Waals surface area contributed by atoms with Gasteiger partial charge < -0.3 is 0 Å². The van der Waals surface area contributed by atoms with E-state index in [0.717, 1.165) is 17.5 Å². The average molecular weight is 236 g/mol. The highest BCUT2D eigenvalue weighted by Crippen LogP contribution is 2.23. The third kappa shape index (κ3) is 2.21. The molecule has 0 aliphatic heterocycles. The van der Waals surface area contributed by atoms with Crippen LogP contribution in [0.5, 0.6) is 0 Å². The first kappa shape index (κ1) is 11.2. The molecule has 0 unspecified atom stereocenters. The van der Waals surface area contributed by atoms with Crippen LogP contribution < -0.4 is 0 Å². The monoisotopic (exact) mass is 236 g/mol. The maximum atomic E-state index is 12.2. The smallest absolute Gasteiger partial charge is 0.167 e. The molecule has 3 rings (SSSR count). The maximum Gasteiger partial charge on any atom is 0.167 e. The molecule has 1 aliphatic rings. The molecule has 0 fully saturated rings. The highest BCUT2D eigenvalue weighted by atomic mass is 16.1. The van der Waals surface area contributed by atoms with Crippen molar-refractivity contribution in [3.05, 3.63) is 70.8 Å². The van der Waals surface area contributed by atoms with Crippen LogP contribution in [0.1, 0.15) is 33.5 Å². The second-order valence-corrected chi connectivity index (χ2v) is 4.92. The van der Waals surface area contributed by atoms with Gasteiger partial charge in [-0.15, -0.1) is 0 Å². The minimum absolute atomic E-state index is 0.218. The van der Waals surface area contributed by atoms with Crippen LogP contribution in [0.25, 0.3) is 0 Å². The fraction of sp³-hybridized carbons (Fsp3) is 0.235. The third-order valence-electron chi connectivity index (χ3n) is 3.63. The van der Waals surface area contributed by atoms with Gasteiger partial charge in [0.15, 0.2) is 5.78 Å². The Kier molecular flexibility index (Phi) is 2.97. The first-order chi connectivity index (χ1) is 8.83. The first-order valence-corrected chi connectivity index (χ1v) is 6.52. The standard InChI is InChI=1S/C17H16O/c18-17(11-13-5-2-1-3-6-13)16-10-9-14-7-4-8-15(14)12-16/h1-3,5-6,9-10,12H,4,7-8,11H2. The van der Waals surface area contributed by atoms with Gasteiger partial charge in [-0.25, -0.2) is 0 Å². The van der Waals surface area contributed by atoms with Crippen molar-refractivity contribution < 1.29 is 4.79 Å². The van der Waals surface area contributed by atoms with Crippen LogP contribution in [0.4, 0.5) is 0 Å². The summed E-state index contributed by atoms with van der Waals surface area (Å²) in [4.78, 5) is 12.2. The maximum absolute atomic E-state index is 12.2. The lowest BCUT2D eigenvalue weighted by Gasteiger charge is -2.04. The predicted octanol–water partition coefficient (Wildman–Crippen LogP) is 3.60. The molecular weight excluding hydrogens is 220 g/mol. The number of carbonyl (C=O) groups is 1. The summed E-state index contributed by atoms with van der Waals surface area (Å²) in [6.07, 6.45) is 4.02. The van der Waals surface area contributed by atoms with E-state index in [2.05, 4.69) is 12.1 Å². The van der Waals surface area contributed by atoms with Crippen molar-refractivity contribution in [1.29, 1.82) is 0 Å². The fourth-order valence-corrected chi connectivity index (χ4v) is 2.63. The van der Waals surface area contributed by atoms with E-state index >= 15 is 0 Å². The first-order valence-electron chi connectivity index (χ1n) is 6.52. The van der Waals surface area contributed by atoms with Crippen LogP contribution in [0, 0.1) is 0 Å². The van der Waals surface area contributed by atoms with Crippen LogP contribution in [0.3, 0.4) is 0 Å². The summed E-state index contributed by atoms with van der Waals surface area (Å²) in [6.45, 7) is 0. The van der Waals surface area contributed by atoms with Crippen molar-refractivity contribution in [1.82, 2.24) is 0 Å². The summed E-state index contributed by atoms with van der Waals surface area (Å²) in [7, 11) is 0. The molecule has 0 spiro atoms. The Bertz CT molecular complexity index is 569. The minimum Gasteiger partial charge on any atom is -0.294 e. The number of hydrogen-bond acceptors (Lipinski definition) is 1. The molecule has 0 N–H and O–H groups in total. The van der Waals surface area contributed by atoms with Gasteiger partial charge in [0.2, 0.25) is 0 Å². The fourth-order valence-electron chi connectivity index (χ4n) is 2.63. The molecule has 90 valence electrons. The largest absolute Gasteiger partial charge is 0.294 e. The lowest BCUT2D eigenvalue weighted by Crippen LogP contribution is -2.04. The molecule has 2 aromatic carbocycles. The average Bonchev–Trinajstić information content (AvgIpc) is 2.87. The molecule has 18 heavy (non-hydrogen) atoms. The van der Waals surface area contributed by atoms with Gasteiger partial charge >= 0.3 is 0 Å². The van der Waals surface area contributed by atoms with Crippen LogP contribution in [0.15, 0.2) is 48.5 Å². The molecule has 1 heteroatoms. The Morgan fingerprint density at radius 1 is 0.944 bits per heavy atom. The molecule has 0 aromatic heterocycles. The minimum atomic E-state index is 0.218. The van der Waals surface area contributed by atoms with Gasteiger partial charge in [0.1, 0.15) is 0 Å². The van der Waals surface area contributed by atoms with Crippen LogP contribution in [-0.4, -0.2) is 5.78 Å². The molecule has 1 nitrogen and oxygen atoms in total. The lowest BCUT2D eigenvalue weighted by molar-refractivity contribution is 0.0993. The van der Waals surface area contributed by atoms with Gasteiger partial charge in [-0.1, -0.05) is 42.5 Å². The second kappa shape index (κ2) is 4.77. The topological polar surface area (TPSA) is 17.1 Å². The van der Waals surface area contributed by atoms with E-state index in [4.69, 9.17) is 0 Å². The van der Waals surface area contributed by atoms with E-state index in [9.17, 15) is 4.79 Å². The van der Waals surface area contributed by atoms with E-state index in [-0.39, 0.29) is 5.78 Å². The second-order valence-electron chi connectivity index (χ2n) is 4.92. The number of rotatable bonds is 3. The van der Waals surface area contributed by atoms with Gasteiger partial charge in [0.25, 0.3) is 0 Å². The van der Waals surface area contributed by atoms with Crippen molar-refractivity contribution in [2.24, 2.45) is 0 Å². The van der Waals surface area contributed by atoms with E-state index in [0.29, 0.717) is 6.42 Å². The zero-order chi connectivity index (χ0) is 12.4. The lowest BCUT2D eigenvalue weighted by atomic mass is 9.99. The molecule has 2 aromatic rings. The van der Waals surface area contributed by atoms with Crippen molar-refractivity contribution in [3.8, 4) is 0 Å². The Labute approximate surface area is 107 Å². The normalized spacial score (nSPS) is 13.3. The van der Waals surface area contributed by atoms with Gasteiger partial charge in [-0.2, -0.15) is 0 Å². The SMILES string of the molecule is O=C(Cc1ccccc1)c1ccc2c(c1)CCC2. The third-order valence-corrected chi connectivity index (χ3v) is 3.63. The Balaban J connectivity index is 1.81. The van der Waals surface area contributed by atoms with Gasteiger partial charge in [-0.05, 0) is 42.0 Å². The quantitative estimate of drug-likeness (QED) is 0.744. The number of Topliss-reactive ketones (excluding diaryl/α,β-unsaturated/α-hetero) is 1. The number of hydrogen-bond donors (Lipinski definition) is 0. The summed E-state index contributed by atoms with van der Waals surface area (Å²) in [6, 6.07) is 16.1. The van der Waals surface area contributed by atoms with Gasteiger partial charge in [0.05, 0.1) is 0 Å². The number of benzene rings is 2. The van der Waals surface area contributed by atoms with Crippen molar-refractivity contribution >= 4 is 5.78 Å². The summed E-state index contributed by atoms with van der Waals surface area (Å²) in [5, 5.41) is 0. The summed E-state index contributed by atoms with van der Waals surface area (Å²) in [5.74, 6) is 0.218. The van der Waals surface area contributed by atoms with Crippen LogP contribution >= 0.6 is 0 Å². The summed E-state index contributed by atoms with van der Waals surface area (Å²) >= 11 is 0. The highest BCUT2D eigenvalue weighted by molar-refractivity contribution is 5.97.